The van der Waals surface area contributed by atoms with Gasteiger partial charge in [0.1, 0.15) is 6.61 Å². The van der Waals surface area contributed by atoms with E-state index in [2.05, 4.69) is 5.92 Å². The van der Waals surface area contributed by atoms with Gasteiger partial charge in [0, 0.05) is 6.54 Å². The molecule has 0 saturated carbocycles. The van der Waals surface area contributed by atoms with Gasteiger partial charge in [-0.2, -0.15) is 0 Å². The minimum absolute atomic E-state index is 0.372. The third-order valence-electron chi connectivity index (χ3n) is 0.448. The lowest BCUT2D eigenvalue weighted by Gasteiger charge is -1.91. The molecule has 0 atom stereocenters. The summed E-state index contributed by atoms with van der Waals surface area (Å²) in [6.07, 6.45) is 4.85. The van der Waals surface area contributed by atoms with E-state index in [1.54, 1.807) is 0 Å². The SMILES string of the molecule is C#CCOCCN. The van der Waals surface area contributed by atoms with Gasteiger partial charge in [0.2, 0.25) is 0 Å². The van der Waals surface area contributed by atoms with Crippen LogP contribution in [0.4, 0.5) is 0 Å². The van der Waals surface area contributed by atoms with Gasteiger partial charge in [-0.1, -0.05) is 5.92 Å². The van der Waals surface area contributed by atoms with E-state index in [0.717, 1.165) is 0 Å². The molecule has 7 heavy (non-hydrogen) atoms. The van der Waals surface area contributed by atoms with E-state index in [1.807, 2.05) is 0 Å². The molecule has 0 aliphatic carbocycles. The molecule has 0 bridgehead atoms. The summed E-state index contributed by atoms with van der Waals surface area (Å²) in [5.41, 5.74) is 5.08. The first kappa shape index (κ1) is 6.48. The van der Waals surface area contributed by atoms with Crippen molar-refractivity contribution >= 4 is 0 Å². The highest BCUT2D eigenvalue weighted by atomic mass is 16.5. The second kappa shape index (κ2) is 5.48. The van der Waals surface area contributed by atoms with Crippen molar-refractivity contribution in [3.8, 4) is 12.3 Å². The molecule has 0 aliphatic heterocycles. The quantitative estimate of drug-likeness (QED) is 0.386. The summed E-state index contributed by atoms with van der Waals surface area (Å²) < 4.78 is 4.77. The molecule has 0 heterocycles. The van der Waals surface area contributed by atoms with Crippen LogP contribution < -0.4 is 5.73 Å². The monoisotopic (exact) mass is 99.1 g/mol. The minimum Gasteiger partial charge on any atom is -0.367 e. The van der Waals surface area contributed by atoms with Crippen molar-refractivity contribution in [2.75, 3.05) is 19.8 Å². The van der Waals surface area contributed by atoms with Crippen LogP contribution in [0.1, 0.15) is 0 Å². The molecule has 0 radical (unpaired) electrons. The van der Waals surface area contributed by atoms with Crippen LogP contribution in [0.2, 0.25) is 0 Å². The van der Waals surface area contributed by atoms with E-state index in [1.165, 1.54) is 0 Å². The number of hydrogen-bond donors (Lipinski definition) is 1. The largest absolute Gasteiger partial charge is 0.367 e. The van der Waals surface area contributed by atoms with Crippen molar-refractivity contribution in [3.63, 3.8) is 0 Å². The molecule has 2 nitrogen and oxygen atoms in total. The molecule has 0 unspecified atom stereocenters. The average Bonchev–Trinajstić information content (AvgIpc) is 1.69. The lowest BCUT2D eigenvalue weighted by molar-refractivity contribution is 0.175. The number of hydrogen-bond acceptors (Lipinski definition) is 2. The first-order chi connectivity index (χ1) is 3.41. The highest BCUT2D eigenvalue weighted by molar-refractivity contribution is 4.82. The smallest absolute Gasteiger partial charge is 0.107 e. The van der Waals surface area contributed by atoms with E-state index >= 15 is 0 Å². The van der Waals surface area contributed by atoms with Crippen molar-refractivity contribution in [2.45, 2.75) is 0 Å². The Hall–Kier alpha value is -0.520. The maximum Gasteiger partial charge on any atom is 0.107 e. The third-order valence-corrected chi connectivity index (χ3v) is 0.448. The molecule has 0 spiro atoms. The zero-order valence-corrected chi connectivity index (χ0v) is 4.18. The molecule has 0 aliphatic rings. The number of rotatable bonds is 3. The van der Waals surface area contributed by atoms with Crippen molar-refractivity contribution in [2.24, 2.45) is 5.73 Å². The second-order valence-corrected chi connectivity index (χ2v) is 1.05. The van der Waals surface area contributed by atoms with Gasteiger partial charge in [0.25, 0.3) is 0 Å². The van der Waals surface area contributed by atoms with E-state index in [0.29, 0.717) is 19.8 Å². The fourth-order valence-electron chi connectivity index (χ4n) is 0.214. The van der Waals surface area contributed by atoms with Gasteiger partial charge >= 0.3 is 0 Å². The molecule has 0 amide bonds. The molecule has 0 saturated heterocycles. The van der Waals surface area contributed by atoms with Gasteiger partial charge < -0.3 is 10.5 Å². The van der Waals surface area contributed by atoms with Crippen LogP contribution in [0.3, 0.4) is 0 Å². The first-order valence-corrected chi connectivity index (χ1v) is 2.13. The van der Waals surface area contributed by atoms with Crippen LogP contribution in [0, 0.1) is 12.3 Å². The van der Waals surface area contributed by atoms with Gasteiger partial charge in [-0.25, -0.2) is 0 Å². The van der Waals surface area contributed by atoms with E-state index in [4.69, 9.17) is 16.9 Å². The molecule has 0 aromatic carbocycles. The average molecular weight is 99.1 g/mol. The molecule has 2 heteroatoms. The zero-order chi connectivity index (χ0) is 5.54. The zero-order valence-electron chi connectivity index (χ0n) is 4.18. The van der Waals surface area contributed by atoms with Gasteiger partial charge in [0.05, 0.1) is 6.61 Å². The Morgan fingerprint density at radius 3 is 2.86 bits per heavy atom. The minimum atomic E-state index is 0.372. The standard InChI is InChI=1S/C5H9NO/c1-2-4-7-5-3-6/h1H,3-6H2. The lowest BCUT2D eigenvalue weighted by atomic mass is 10.7. The molecule has 2 N–H and O–H groups in total. The maximum atomic E-state index is 5.08. The summed E-state index contributed by atoms with van der Waals surface area (Å²) >= 11 is 0. The molecule has 0 aromatic rings. The Balaban J connectivity index is 2.60. The van der Waals surface area contributed by atoms with Crippen molar-refractivity contribution in [3.05, 3.63) is 0 Å². The molecule has 40 valence electrons. The summed E-state index contributed by atoms with van der Waals surface area (Å²) in [5.74, 6) is 2.32. The van der Waals surface area contributed by atoms with Crippen LogP contribution >= 0.6 is 0 Å². The number of nitrogens with two attached hydrogens (primary N) is 1. The highest BCUT2D eigenvalue weighted by Crippen LogP contribution is 1.65. The summed E-state index contributed by atoms with van der Waals surface area (Å²) in [4.78, 5) is 0. The Kier molecular flexibility index (Phi) is 5.07. The van der Waals surface area contributed by atoms with Gasteiger partial charge in [0.15, 0.2) is 0 Å². The Morgan fingerprint density at radius 2 is 2.43 bits per heavy atom. The number of ether oxygens (including phenoxy) is 1. The summed E-state index contributed by atoms with van der Waals surface area (Å²) in [7, 11) is 0. The van der Waals surface area contributed by atoms with Crippen molar-refractivity contribution in [1.29, 1.82) is 0 Å². The van der Waals surface area contributed by atoms with Gasteiger partial charge in [-0.3, -0.25) is 0 Å². The fourth-order valence-corrected chi connectivity index (χ4v) is 0.214. The Morgan fingerprint density at radius 1 is 1.71 bits per heavy atom. The molecule has 0 aromatic heterocycles. The van der Waals surface area contributed by atoms with Crippen molar-refractivity contribution in [1.82, 2.24) is 0 Å². The predicted octanol–water partition coefficient (Wildman–Crippen LogP) is -0.405. The molecule has 0 rings (SSSR count). The van der Waals surface area contributed by atoms with Crippen LogP contribution in [0.25, 0.3) is 0 Å². The van der Waals surface area contributed by atoms with E-state index < -0.39 is 0 Å². The molecular weight excluding hydrogens is 90.1 g/mol. The van der Waals surface area contributed by atoms with Gasteiger partial charge in [-0.15, -0.1) is 6.42 Å². The van der Waals surface area contributed by atoms with Crippen molar-refractivity contribution < 1.29 is 4.74 Å². The van der Waals surface area contributed by atoms with E-state index in [-0.39, 0.29) is 0 Å². The third kappa shape index (κ3) is 5.48. The lowest BCUT2D eigenvalue weighted by Crippen LogP contribution is -2.07. The topological polar surface area (TPSA) is 35.2 Å². The van der Waals surface area contributed by atoms with Crippen LogP contribution in [0.5, 0.6) is 0 Å². The molecule has 0 fully saturated rings. The highest BCUT2D eigenvalue weighted by Gasteiger charge is 1.75. The van der Waals surface area contributed by atoms with E-state index in [9.17, 15) is 0 Å². The normalized spacial score (nSPS) is 8.00. The Labute approximate surface area is 43.7 Å². The summed E-state index contributed by atoms with van der Waals surface area (Å²) in [6, 6.07) is 0. The fraction of sp³-hybridized carbons (Fsp3) is 0.600. The predicted molar refractivity (Wildman–Crippen MR) is 28.7 cm³/mol. The van der Waals surface area contributed by atoms with Crippen LogP contribution in [0.15, 0.2) is 0 Å². The Bertz CT molecular complexity index is 65.0. The summed E-state index contributed by atoms with van der Waals surface area (Å²) in [5, 5.41) is 0. The molecular formula is C5H9NO. The van der Waals surface area contributed by atoms with Gasteiger partial charge in [-0.05, 0) is 0 Å². The van der Waals surface area contributed by atoms with Crippen LogP contribution in [-0.2, 0) is 4.74 Å². The maximum absolute atomic E-state index is 5.08. The second-order valence-electron chi connectivity index (χ2n) is 1.05. The summed E-state index contributed by atoms with van der Waals surface area (Å²) in [6.45, 7) is 1.48. The number of terminal acetylenes is 1. The van der Waals surface area contributed by atoms with Crippen LogP contribution in [-0.4, -0.2) is 19.8 Å². The first-order valence-electron chi connectivity index (χ1n) is 2.13.